The number of carbonyl (C=O) groups is 2. The van der Waals surface area contributed by atoms with Crippen molar-refractivity contribution in [3.8, 4) is 0 Å². The lowest BCUT2D eigenvalue weighted by atomic mass is 9.86. The summed E-state index contributed by atoms with van der Waals surface area (Å²) in [5.41, 5.74) is 5.48. The van der Waals surface area contributed by atoms with Gasteiger partial charge in [-0.3, -0.25) is 9.59 Å². The largest absolute Gasteiger partial charge is 0.363 e. The summed E-state index contributed by atoms with van der Waals surface area (Å²) in [5, 5.41) is 8.72. The lowest BCUT2D eigenvalue weighted by Gasteiger charge is -2.33. The minimum atomic E-state index is -0.333. The number of anilines is 2. The highest BCUT2D eigenvalue weighted by atomic mass is 16.2. The smallest absolute Gasteiger partial charge is 0.237 e. The van der Waals surface area contributed by atoms with Crippen molar-refractivity contribution < 1.29 is 9.59 Å². The van der Waals surface area contributed by atoms with Crippen LogP contribution in [0.2, 0.25) is 0 Å². The second kappa shape index (κ2) is 10.8. The third-order valence-electron chi connectivity index (χ3n) is 7.97. The Morgan fingerprint density at radius 3 is 2.42 bits per heavy atom. The average Bonchev–Trinajstić information content (AvgIpc) is 2.98. The number of likely N-dealkylation sites (N-methyl/N-ethyl adjacent to an activating group) is 1. The second-order valence-corrected chi connectivity index (χ2v) is 11.7. The maximum Gasteiger partial charge on any atom is 0.237 e. The van der Waals surface area contributed by atoms with E-state index in [1.165, 1.54) is 27.5 Å². The molecule has 3 aromatic rings. The molecule has 2 N–H and O–H groups in total. The number of fused-ring (bicyclic) bond motifs is 2. The maximum atomic E-state index is 13.2. The van der Waals surface area contributed by atoms with E-state index >= 15 is 0 Å². The van der Waals surface area contributed by atoms with Crippen molar-refractivity contribution in [1.29, 1.82) is 0 Å². The van der Waals surface area contributed by atoms with Gasteiger partial charge in [0.15, 0.2) is 0 Å². The quantitative estimate of drug-likeness (QED) is 0.485. The van der Waals surface area contributed by atoms with E-state index in [0.29, 0.717) is 13.1 Å². The van der Waals surface area contributed by atoms with E-state index in [1.54, 1.807) is 14.0 Å². The molecule has 4 rings (SSSR count). The molecular weight excluding hydrogens is 472 g/mol. The minimum absolute atomic E-state index is 0.0334. The first-order valence-electron chi connectivity index (χ1n) is 13.6. The summed E-state index contributed by atoms with van der Waals surface area (Å²) >= 11 is 0. The van der Waals surface area contributed by atoms with Gasteiger partial charge in [-0.05, 0) is 72.8 Å². The van der Waals surface area contributed by atoms with Crippen molar-refractivity contribution in [3.05, 3.63) is 71.3 Å². The molecule has 0 bridgehead atoms. The van der Waals surface area contributed by atoms with E-state index in [2.05, 4.69) is 97.8 Å². The molecule has 38 heavy (non-hydrogen) atoms. The molecular formula is C32H42N4O2. The van der Waals surface area contributed by atoms with Crippen LogP contribution in [0.4, 0.5) is 11.4 Å². The zero-order chi connectivity index (χ0) is 27.8. The van der Waals surface area contributed by atoms with E-state index in [1.807, 2.05) is 18.7 Å². The van der Waals surface area contributed by atoms with Crippen LogP contribution in [0, 0.1) is 6.92 Å². The molecule has 0 saturated heterocycles. The molecule has 1 heterocycles. The van der Waals surface area contributed by atoms with Crippen LogP contribution in [0.5, 0.6) is 0 Å². The Bertz CT molecular complexity index is 1340. The lowest BCUT2D eigenvalue weighted by Crippen LogP contribution is -2.57. The molecule has 0 radical (unpaired) electrons. The third kappa shape index (κ3) is 5.41. The first-order chi connectivity index (χ1) is 17.9. The Balaban J connectivity index is 1.88. The topological polar surface area (TPSA) is 64.7 Å². The number of nitrogens with one attached hydrogen (secondary N) is 2. The lowest BCUT2D eigenvalue weighted by molar-refractivity contribution is -0.124. The molecule has 0 aromatic heterocycles. The van der Waals surface area contributed by atoms with Gasteiger partial charge in [0.2, 0.25) is 11.8 Å². The molecule has 0 fully saturated rings. The Morgan fingerprint density at radius 2 is 1.76 bits per heavy atom. The highest BCUT2D eigenvalue weighted by Crippen LogP contribution is 2.40. The van der Waals surface area contributed by atoms with E-state index in [9.17, 15) is 9.59 Å². The number of amides is 2. The molecule has 1 unspecified atom stereocenters. The molecule has 1 aliphatic rings. The van der Waals surface area contributed by atoms with Crippen LogP contribution < -0.4 is 20.4 Å². The molecule has 0 spiro atoms. The molecule has 1 aliphatic heterocycles. The van der Waals surface area contributed by atoms with Crippen LogP contribution in [0.3, 0.4) is 0 Å². The summed E-state index contributed by atoms with van der Waals surface area (Å²) in [6.07, 6.45) is 0. The number of hydrogen-bond acceptors (Lipinski definition) is 4. The Kier molecular flexibility index (Phi) is 7.84. The summed E-state index contributed by atoms with van der Waals surface area (Å²) in [4.78, 5) is 30.4. The van der Waals surface area contributed by atoms with Gasteiger partial charge in [0, 0.05) is 20.0 Å². The molecule has 0 saturated carbocycles. The fraction of sp³-hybridized carbons (Fsp3) is 0.438. The molecule has 0 aliphatic carbocycles. The van der Waals surface area contributed by atoms with E-state index in [0.717, 1.165) is 11.4 Å². The summed E-state index contributed by atoms with van der Waals surface area (Å²) in [5.74, 6) is -0.107. The number of benzene rings is 3. The predicted molar refractivity (Wildman–Crippen MR) is 158 cm³/mol. The SMILES string of the molecule is CN[C@@H](C)C(=O)NC1CN(Cc2c(C)ccc3ccccc23)c2ccc(C(C)(C)C)cc2N(C(C)=O)[C@H]1C. The maximum absolute atomic E-state index is 13.2. The zero-order valence-corrected chi connectivity index (χ0v) is 24.1. The predicted octanol–water partition coefficient (Wildman–Crippen LogP) is 5.30. The molecule has 6 nitrogen and oxygen atoms in total. The van der Waals surface area contributed by atoms with Crippen LogP contribution in [0.1, 0.15) is 58.2 Å². The number of carbonyl (C=O) groups excluding carboxylic acids is 2. The molecule has 3 aromatic carbocycles. The monoisotopic (exact) mass is 514 g/mol. The van der Waals surface area contributed by atoms with Gasteiger partial charge in [-0.15, -0.1) is 0 Å². The van der Waals surface area contributed by atoms with Crippen molar-refractivity contribution >= 4 is 34.0 Å². The number of aryl methyl sites for hydroxylation is 1. The highest BCUT2D eigenvalue weighted by molar-refractivity contribution is 5.97. The van der Waals surface area contributed by atoms with Crippen LogP contribution in [0.15, 0.2) is 54.6 Å². The third-order valence-corrected chi connectivity index (χ3v) is 7.97. The van der Waals surface area contributed by atoms with Gasteiger partial charge in [-0.1, -0.05) is 63.2 Å². The van der Waals surface area contributed by atoms with E-state index in [-0.39, 0.29) is 35.4 Å². The van der Waals surface area contributed by atoms with Crippen molar-refractivity contribution in [1.82, 2.24) is 10.6 Å². The standard InChI is InChI=1S/C32H42N4O2/c1-20-13-14-24-11-9-10-12-26(24)27(20)18-35-19-28(34-31(38)21(2)33-8)22(3)36(23(4)37)30-17-25(32(5,6)7)15-16-29(30)35/h9-17,21-22,28,33H,18-19H2,1-8H3,(H,34,38)/t21-,22-,28?/m0/s1. The van der Waals surface area contributed by atoms with Crippen molar-refractivity contribution in [2.75, 3.05) is 23.4 Å². The van der Waals surface area contributed by atoms with Gasteiger partial charge in [0.25, 0.3) is 0 Å². The fourth-order valence-electron chi connectivity index (χ4n) is 5.39. The molecule has 2 amide bonds. The summed E-state index contributed by atoms with van der Waals surface area (Å²) < 4.78 is 0. The van der Waals surface area contributed by atoms with Crippen molar-refractivity contribution in [2.24, 2.45) is 0 Å². The average molecular weight is 515 g/mol. The summed E-state index contributed by atoms with van der Waals surface area (Å²) in [6, 6.07) is 18.5. The second-order valence-electron chi connectivity index (χ2n) is 11.7. The Hall–Kier alpha value is -3.38. The fourth-order valence-corrected chi connectivity index (χ4v) is 5.39. The number of hydrogen-bond donors (Lipinski definition) is 2. The van der Waals surface area contributed by atoms with Crippen LogP contribution >= 0.6 is 0 Å². The highest BCUT2D eigenvalue weighted by Gasteiger charge is 2.36. The van der Waals surface area contributed by atoms with E-state index in [4.69, 9.17) is 0 Å². The molecule has 202 valence electrons. The van der Waals surface area contributed by atoms with Crippen molar-refractivity contribution in [3.63, 3.8) is 0 Å². The van der Waals surface area contributed by atoms with Crippen molar-refractivity contribution in [2.45, 2.75) is 78.6 Å². The Morgan fingerprint density at radius 1 is 1.05 bits per heavy atom. The van der Waals surface area contributed by atoms with E-state index < -0.39 is 0 Å². The van der Waals surface area contributed by atoms with Crippen LogP contribution in [-0.4, -0.2) is 43.5 Å². The van der Waals surface area contributed by atoms with Crippen LogP contribution in [0.25, 0.3) is 10.8 Å². The first-order valence-corrected chi connectivity index (χ1v) is 13.6. The summed E-state index contributed by atoms with van der Waals surface area (Å²) in [6.45, 7) is 15.5. The van der Waals surface area contributed by atoms with Gasteiger partial charge in [-0.2, -0.15) is 0 Å². The molecule has 3 atom stereocenters. The zero-order valence-electron chi connectivity index (χ0n) is 24.1. The van der Waals surface area contributed by atoms with Gasteiger partial charge in [-0.25, -0.2) is 0 Å². The summed E-state index contributed by atoms with van der Waals surface area (Å²) in [7, 11) is 1.78. The van der Waals surface area contributed by atoms with Gasteiger partial charge in [0.1, 0.15) is 0 Å². The van der Waals surface area contributed by atoms with Gasteiger partial charge in [0.05, 0.1) is 29.5 Å². The normalized spacial score (nSPS) is 18.6. The first kappa shape index (κ1) is 27.6. The molecule has 6 heteroatoms. The number of nitrogens with zero attached hydrogens (tertiary/aromatic N) is 2. The van der Waals surface area contributed by atoms with Gasteiger partial charge >= 0.3 is 0 Å². The van der Waals surface area contributed by atoms with Gasteiger partial charge < -0.3 is 20.4 Å². The minimum Gasteiger partial charge on any atom is -0.363 e. The Labute approximate surface area is 227 Å². The van der Waals surface area contributed by atoms with Crippen LogP contribution in [-0.2, 0) is 21.5 Å². The number of rotatable bonds is 5.